The van der Waals surface area contributed by atoms with Gasteiger partial charge in [-0.15, -0.1) is 0 Å². The number of Topliss-reactive ketones (excluding diaryl/α,β-unsaturated/α-hetero) is 1. The third-order valence-corrected chi connectivity index (χ3v) is 5.98. The zero-order valence-electron chi connectivity index (χ0n) is 16.7. The summed E-state index contributed by atoms with van der Waals surface area (Å²) in [5.41, 5.74) is 4.84. The van der Waals surface area contributed by atoms with E-state index in [9.17, 15) is 22.4 Å². The van der Waals surface area contributed by atoms with Gasteiger partial charge in [0.15, 0.2) is 5.78 Å². The lowest BCUT2D eigenvalue weighted by atomic mass is 9.84. The van der Waals surface area contributed by atoms with Crippen LogP contribution in [0, 0.1) is 18.7 Å². The summed E-state index contributed by atoms with van der Waals surface area (Å²) >= 11 is 6.17. The van der Waals surface area contributed by atoms with Crippen LogP contribution in [0.1, 0.15) is 33.6 Å². The van der Waals surface area contributed by atoms with Crippen molar-refractivity contribution in [2.45, 2.75) is 38.0 Å². The maximum atomic E-state index is 14.7. The highest BCUT2D eigenvalue weighted by Gasteiger charge is 2.60. The van der Waals surface area contributed by atoms with Crippen LogP contribution in [0.15, 0.2) is 29.4 Å². The van der Waals surface area contributed by atoms with E-state index in [4.69, 9.17) is 22.1 Å². The molecule has 1 aliphatic heterocycles. The van der Waals surface area contributed by atoms with E-state index >= 15 is 0 Å². The van der Waals surface area contributed by atoms with Gasteiger partial charge in [0.1, 0.15) is 35.6 Å². The number of nitrogens with two attached hydrogens (primary N) is 1. The van der Waals surface area contributed by atoms with Crippen LogP contribution in [0.5, 0.6) is 5.75 Å². The highest BCUT2D eigenvalue weighted by Crippen LogP contribution is 2.54. The Balaban J connectivity index is 1.66. The number of aryl methyl sites for hydroxylation is 1. The van der Waals surface area contributed by atoms with Gasteiger partial charge in [-0.2, -0.15) is 8.78 Å². The Morgan fingerprint density at radius 3 is 2.81 bits per heavy atom. The molecule has 11 heteroatoms. The normalized spacial score (nSPS) is 23.9. The summed E-state index contributed by atoms with van der Waals surface area (Å²) in [5, 5.41) is -0.300. The molecule has 1 aromatic heterocycles. The summed E-state index contributed by atoms with van der Waals surface area (Å²) < 4.78 is 63.2. The van der Waals surface area contributed by atoms with Gasteiger partial charge in [-0.1, -0.05) is 17.7 Å². The molecule has 1 aromatic carbocycles. The number of hydrogen-bond donors (Lipinski definition) is 1. The molecule has 1 aliphatic carbocycles. The Bertz CT molecular complexity index is 1110. The summed E-state index contributed by atoms with van der Waals surface area (Å²) in [5.74, 6) is -1.86. The monoisotopic (exact) mass is 471 g/mol. The highest BCUT2D eigenvalue weighted by atomic mass is 35.5. The predicted molar refractivity (Wildman–Crippen MR) is 107 cm³/mol. The molecule has 6 nitrogen and oxygen atoms in total. The molecule has 32 heavy (non-hydrogen) atoms. The van der Waals surface area contributed by atoms with Gasteiger partial charge in [-0.05, 0) is 36.6 Å². The van der Waals surface area contributed by atoms with Gasteiger partial charge in [-0.3, -0.25) is 4.79 Å². The minimum absolute atomic E-state index is 0.0133. The fourth-order valence-electron chi connectivity index (χ4n) is 4.07. The summed E-state index contributed by atoms with van der Waals surface area (Å²) in [6.07, 6.45) is 0.889. The van der Waals surface area contributed by atoms with Crippen LogP contribution in [0.25, 0.3) is 0 Å². The van der Waals surface area contributed by atoms with Crippen molar-refractivity contribution in [1.82, 2.24) is 4.98 Å². The second kappa shape index (κ2) is 8.23. The molecule has 2 N–H and O–H groups in total. The molecular weight excluding hydrogens is 454 g/mol. The number of nitrogens with zero attached hydrogens (tertiary/aromatic N) is 2. The predicted octanol–water partition coefficient (Wildman–Crippen LogP) is 4.11. The van der Waals surface area contributed by atoms with Crippen LogP contribution in [-0.2, 0) is 16.7 Å². The number of hydrogen-bond acceptors (Lipinski definition) is 6. The van der Waals surface area contributed by atoms with Crippen molar-refractivity contribution in [1.29, 1.82) is 0 Å². The summed E-state index contributed by atoms with van der Waals surface area (Å²) in [6, 6.07) is 3.57. The first-order valence-corrected chi connectivity index (χ1v) is 10.0. The number of benzene rings is 1. The quantitative estimate of drug-likeness (QED) is 0.485. The van der Waals surface area contributed by atoms with Crippen molar-refractivity contribution in [3.8, 4) is 5.75 Å². The Hall–Kier alpha value is -2.88. The smallest absolute Gasteiger partial charge is 0.387 e. The van der Waals surface area contributed by atoms with E-state index in [-0.39, 0.29) is 52.1 Å². The molecule has 4 rings (SSSR count). The first-order chi connectivity index (χ1) is 15.1. The van der Waals surface area contributed by atoms with Crippen LogP contribution >= 0.6 is 11.6 Å². The van der Waals surface area contributed by atoms with E-state index in [1.54, 1.807) is 0 Å². The van der Waals surface area contributed by atoms with Crippen molar-refractivity contribution < 1.29 is 31.8 Å². The number of aliphatic imine (C=N–C) groups is 1. The Morgan fingerprint density at radius 1 is 1.41 bits per heavy atom. The maximum Gasteiger partial charge on any atom is 0.387 e. The van der Waals surface area contributed by atoms with Crippen LogP contribution < -0.4 is 10.5 Å². The Kier molecular flexibility index (Phi) is 5.74. The number of amidine groups is 1. The summed E-state index contributed by atoms with van der Waals surface area (Å²) in [7, 11) is 0. The van der Waals surface area contributed by atoms with Gasteiger partial charge < -0.3 is 15.2 Å². The van der Waals surface area contributed by atoms with Crippen molar-refractivity contribution in [2.24, 2.45) is 16.6 Å². The minimum Gasteiger partial charge on any atom is -0.462 e. The number of halogens is 5. The zero-order chi connectivity index (χ0) is 23.2. The molecule has 1 fully saturated rings. The van der Waals surface area contributed by atoms with Crippen molar-refractivity contribution in [3.05, 3.63) is 57.6 Å². The highest BCUT2D eigenvalue weighted by molar-refractivity contribution is 6.31. The summed E-state index contributed by atoms with van der Waals surface area (Å²) in [4.78, 5) is 20.8. The van der Waals surface area contributed by atoms with Crippen molar-refractivity contribution in [3.63, 3.8) is 0 Å². The molecule has 0 radical (unpaired) electrons. The standard InChI is InChI=1S/C21H18ClF4N3O3/c1-9-2-11(31-19(25)26)7-28-18(9)15(30)5-10-3-13(17(22)14(24)4-10)21(8-23)12-6-16(12)32-20(27)29-21/h2-4,7,12,16,19H,5-6,8H2,1H3,(H2,27,29)/t12-,16+,21-/m0/s1. The molecular formula is C21H18ClF4N3O3. The molecule has 2 heterocycles. The fourth-order valence-corrected chi connectivity index (χ4v) is 4.34. The third-order valence-electron chi connectivity index (χ3n) is 5.59. The molecule has 0 amide bonds. The molecule has 2 aliphatic rings. The maximum absolute atomic E-state index is 14.7. The molecule has 2 aromatic rings. The molecule has 170 valence electrons. The number of ketones is 1. The molecule has 3 atom stereocenters. The number of rotatable bonds is 7. The molecule has 0 unspecified atom stereocenters. The van der Waals surface area contributed by atoms with Gasteiger partial charge >= 0.3 is 6.61 Å². The van der Waals surface area contributed by atoms with E-state index in [1.807, 2.05) is 0 Å². The van der Waals surface area contributed by atoms with E-state index in [0.717, 1.165) is 12.3 Å². The lowest BCUT2D eigenvalue weighted by Gasteiger charge is -2.32. The number of fused-ring (bicyclic) bond motifs is 1. The second-order valence-corrected chi connectivity index (χ2v) is 8.14. The van der Waals surface area contributed by atoms with Gasteiger partial charge in [0, 0.05) is 17.9 Å². The topological polar surface area (TPSA) is 86.8 Å². The van der Waals surface area contributed by atoms with E-state index in [2.05, 4.69) is 14.7 Å². The first kappa shape index (κ1) is 22.3. The third kappa shape index (κ3) is 3.99. The second-order valence-electron chi connectivity index (χ2n) is 7.76. The van der Waals surface area contributed by atoms with Crippen LogP contribution in [0.4, 0.5) is 17.6 Å². The van der Waals surface area contributed by atoms with Crippen LogP contribution in [0.3, 0.4) is 0 Å². The minimum atomic E-state index is -3.02. The van der Waals surface area contributed by atoms with Crippen molar-refractivity contribution in [2.75, 3.05) is 6.67 Å². The average molecular weight is 472 g/mol. The number of pyridine rings is 1. The van der Waals surface area contributed by atoms with E-state index in [1.165, 1.54) is 19.1 Å². The molecule has 0 bridgehead atoms. The lowest BCUT2D eigenvalue weighted by Crippen LogP contribution is -2.39. The van der Waals surface area contributed by atoms with Crippen LogP contribution in [-0.4, -0.2) is 36.2 Å². The first-order valence-electron chi connectivity index (χ1n) is 9.65. The Morgan fingerprint density at radius 2 is 2.16 bits per heavy atom. The number of carbonyl (C=O) groups excluding carboxylic acids is 1. The van der Waals surface area contributed by atoms with Gasteiger partial charge in [0.2, 0.25) is 0 Å². The zero-order valence-corrected chi connectivity index (χ0v) is 17.5. The largest absolute Gasteiger partial charge is 0.462 e. The molecule has 0 saturated heterocycles. The van der Waals surface area contributed by atoms with Crippen LogP contribution in [0.2, 0.25) is 5.02 Å². The molecule has 1 saturated carbocycles. The van der Waals surface area contributed by atoms with Gasteiger partial charge in [-0.25, -0.2) is 18.8 Å². The van der Waals surface area contributed by atoms with E-state index < -0.39 is 30.4 Å². The lowest BCUT2D eigenvalue weighted by molar-refractivity contribution is -0.0501. The summed E-state index contributed by atoms with van der Waals surface area (Å²) in [6.45, 7) is -2.48. The molecule has 0 spiro atoms. The SMILES string of the molecule is Cc1cc(OC(F)F)cnc1C(=O)Cc1cc(F)c(Cl)c([C@@]2(CF)N=C(N)O[C@@H]3C[C@@H]32)c1. The number of aromatic nitrogens is 1. The number of carbonyl (C=O) groups is 1. The fraction of sp³-hybridized carbons (Fsp3) is 0.381. The van der Waals surface area contributed by atoms with Crippen molar-refractivity contribution >= 4 is 23.4 Å². The number of ether oxygens (including phenoxy) is 2. The van der Waals surface area contributed by atoms with Gasteiger partial charge in [0.25, 0.3) is 6.02 Å². The van der Waals surface area contributed by atoms with Gasteiger partial charge in [0.05, 0.1) is 11.2 Å². The van der Waals surface area contributed by atoms with E-state index in [0.29, 0.717) is 12.0 Å². The number of alkyl halides is 3. The Labute approximate surface area is 185 Å². The average Bonchev–Trinajstić information content (AvgIpc) is 3.49.